The molecule has 2 heterocycles. The van der Waals surface area contributed by atoms with Crippen molar-refractivity contribution in [3.05, 3.63) is 23.4 Å². The molecule has 0 aliphatic carbocycles. The molecule has 19 heavy (non-hydrogen) atoms. The molecule has 0 atom stereocenters. The van der Waals surface area contributed by atoms with E-state index in [0.717, 1.165) is 24.5 Å². The highest BCUT2D eigenvalue weighted by molar-refractivity contribution is 5.87. The Labute approximate surface area is 114 Å². The van der Waals surface area contributed by atoms with Crippen LogP contribution in [0, 0.1) is 12.3 Å². The molecule has 1 fully saturated rings. The number of hydrogen-bond donors (Lipinski definition) is 1. The number of carboxylic acid groups (broad SMARTS) is 1. The van der Waals surface area contributed by atoms with E-state index in [1.165, 1.54) is 25.5 Å². The average Bonchev–Trinajstić information content (AvgIpc) is 2.40. The molecular weight excluding hydrogens is 240 g/mol. The molecule has 1 N–H and O–H groups in total. The second-order valence-corrected chi connectivity index (χ2v) is 5.82. The van der Waals surface area contributed by atoms with Gasteiger partial charge in [0, 0.05) is 19.3 Å². The summed E-state index contributed by atoms with van der Waals surface area (Å²) >= 11 is 0. The predicted octanol–water partition coefficient (Wildman–Crippen LogP) is 3.10. The molecule has 4 heteroatoms. The number of pyridine rings is 1. The third kappa shape index (κ3) is 2.88. The Morgan fingerprint density at radius 3 is 2.58 bits per heavy atom. The minimum atomic E-state index is -0.917. The lowest BCUT2D eigenvalue weighted by Gasteiger charge is -2.39. The van der Waals surface area contributed by atoms with Crippen LogP contribution in [-0.2, 0) is 0 Å². The Morgan fingerprint density at radius 2 is 2.11 bits per heavy atom. The van der Waals surface area contributed by atoms with Crippen LogP contribution in [0.1, 0.15) is 49.0 Å². The first kappa shape index (κ1) is 13.8. The van der Waals surface area contributed by atoms with E-state index in [1.807, 2.05) is 6.92 Å². The van der Waals surface area contributed by atoms with Crippen molar-refractivity contribution in [2.45, 2.75) is 40.0 Å². The van der Waals surface area contributed by atoms with Gasteiger partial charge in [0.25, 0.3) is 0 Å². The van der Waals surface area contributed by atoms with E-state index in [1.54, 1.807) is 6.07 Å². The number of rotatable bonds is 3. The molecule has 0 bridgehead atoms. The molecule has 0 unspecified atom stereocenters. The maximum Gasteiger partial charge on any atom is 0.337 e. The number of carbonyl (C=O) groups is 1. The fourth-order valence-corrected chi connectivity index (χ4v) is 2.63. The lowest BCUT2D eigenvalue weighted by atomic mass is 9.78. The van der Waals surface area contributed by atoms with E-state index in [0.29, 0.717) is 5.41 Å². The first-order chi connectivity index (χ1) is 8.95. The van der Waals surface area contributed by atoms with E-state index < -0.39 is 5.97 Å². The zero-order valence-electron chi connectivity index (χ0n) is 11.9. The van der Waals surface area contributed by atoms with Crippen LogP contribution in [-0.4, -0.2) is 29.1 Å². The Bertz CT molecular complexity index is 477. The summed E-state index contributed by atoms with van der Waals surface area (Å²) < 4.78 is 0. The Kier molecular flexibility index (Phi) is 3.78. The predicted molar refractivity (Wildman–Crippen MR) is 75.8 cm³/mol. The van der Waals surface area contributed by atoms with E-state index in [-0.39, 0.29) is 5.56 Å². The topological polar surface area (TPSA) is 53.4 Å². The Balaban J connectivity index is 2.14. The van der Waals surface area contributed by atoms with E-state index in [9.17, 15) is 4.79 Å². The molecule has 1 saturated heterocycles. The lowest BCUT2D eigenvalue weighted by Crippen LogP contribution is -2.39. The van der Waals surface area contributed by atoms with Gasteiger partial charge < -0.3 is 10.0 Å². The van der Waals surface area contributed by atoms with Gasteiger partial charge in [-0.1, -0.05) is 20.3 Å². The van der Waals surface area contributed by atoms with Crippen LogP contribution in [0.3, 0.4) is 0 Å². The van der Waals surface area contributed by atoms with Crippen LogP contribution in [0.2, 0.25) is 0 Å². The SMILES string of the molecule is CCC1(C)CCN(c2ncc(C(=O)O)cc2C)CC1. The molecule has 0 saturated carbocycles. The van der Waals surface area contributed by atoms with Gasteiger partial charge in [-0.2, -0.15) is 0 Å². The number of aryl methyl sites for hydroxylation is 1. The summed E-state index contributed by atoms with van der Waals surface area (Å²) in [6.07, 6.45) is 5.01. The number of hydrogen-bond acceptors (Lipinski definition) is 3. The molecule has 0 amide bonds. The summed E-state index contributed by atoms with van der Waals surface area (Å²) in [7, 11) is 0. The van der Waals surface area contributed by atoms with Crippen LogP contribution >= 0.6 is 0 Å². The first-order valence-corrected chi connectivity index (χ1v) is 6.90. The van der Waals surface area contributed by atoms with Gasteiger partial charge in [-0.05, 0) is 36.8 Å². The summed E-state index contributed by atoms with van der Waals surface area (Å²) in [5, 5.41) is 8.96. The minimum absolute atomic E-state index is 0.261. The highest BCUT2D eigenvalue weighted by Crippen LogP contribution is 2.35. The van der Waals surface area contributed by atoms with E-state index in [4.69, 9.17) is 5.11 Å². The van der Waals surface area contributed by atoms with Crippen molar-refractivity contribution in [2.75, 3.05) is 18.0 Å². The summed E-state index contributed by atoms with van der Waals surface area (Å²) in [5.74, 6) is 0.0162. The smallest absolute Gasteiger partial charge is 0.337 e. The minimum Gasteiger partial charge on any atom is -0.478 e. The van der Waals surface area contributed by atoms with Crippen LogP contribution in [0.5, 0.6) is 0 Å². The molecular formula is C15H22N2O2. The number of aromatic carboxylic acids is 1. The van der Waals surface area contributed by atoms with E-state index >= 15 is 0 Å². The van der Waals surface area contributed by atoms with E-state index in [2.05, 4.69) is 23.7 Å². The third-order valence-electron chi connectivity index (χ3n) is 4.42. The van der Waals surface area contributed by atoms with Crippen molar-refractivity contribution in [1.82, 2.24) is 4.98 Å². The van der Waals surface area contributed by atoms with Gasteiger partial charge in [0.1, 0.15) is 5.82 Å². The molecule has 1 aromatic heterocycles. The Morgan fingerprint density at radius 1 is 1.47 bits per heavy atom. The number of aromatic nitrogens is 1. The third-order valence-corrected chi connectivity index (χ3v) is 4.42. The van der Waals surface area contributed by atoms with Crippen molar-refractivity contribution in [3.63, 3.8) is 0 Å². The molecule has 2 rings (SSSR count). The van der Waals surface area contributed by atoms with Gasteiger partial charge in [-0.3, -0.25) is 0 Å². The van der Waals surface area contributed by atoms with Crippen LogP contribution in [0.4, 0.5) is 5.82 Å². The van der Waals surface area contributed by atoms with Gasteiger partial charge >= 0.3 is 5.97 Å². The number of piperidine rings is 1. The van der Waals surface area contributed by atoms with Gasteiger partial charge in [0.05, 0.1) is 5.56 Å². The van der Waals surface area contributed by atoms with Gasteiger partial charge in [-0.25, -0.2) is 9.78 Å². The maximum absolute atomic E-state index is 10.9. The van der Waals surface area contributed by atoms with Gasteiger partial charge in [0.15, 0.2) is 0 Å². The highest BCUT2D eigenvalue weighted by Gasteiger charge is 2.29. The molecule has 0 radical (unpaired) electrons. The summed E-state index contributed by atoms with van der Waals surface area (Å²) in [5.41, 5.74) is 1.66. The summed E-state index contributed by atoms with van der Waals surface area (Å²) in [4.78, 5) is 17.5. The van der Waals surface area contributed by atoms with Gasteiger partial charge in [-0.15, -0.1) is 0 Å². The zero-order chi connectivity index (χ0) is 14.0. The molecule has 104 valence electrons. The maximum atomic E-state index is 10.9. The number of carboxylic acids is 1. The van der Waals surface area contributed by atoms with Crippen molar-refractivity contribution < 1.29 is 9.90 Å². The van der Waals surface area contributed by atoms with Crippen molar-refractivity contribution in [3.8, 4) is 0 Å². The second-order valence-electron chi connectivity index (χ2n) is 5.82. The standard InChI is InChI=1S/C15H22N2O2/c1-4-15(3)5-7-17(8-6-15)13-11(2)9-12(10-16-13)14(18)19/h9-10H,4-8H2,1-3H3,(H,18,19). The monoisotopic (exact) mass is 262 g/mol. The second kappa shape index (κ2) is 5.19. The molecule has 0 aromatic carbocycles. The quantitative estimate of drug-likeness (QED) is 0.909. The van der Waals surface area contributed by atoms with Crippen LogP contribution in [0.25, 0.3) is 0 Å². The molecule has 0 spiro atoms. The van der Waals surface area contributed by atoms with Crippen molar-refractivity contribution in [1.29, 1.82) is 0 Å². The average molecular weight is 262 g/mol. The highest BCUT2D eigenvalue weighted by atomic mass is 16.4. The van der Waals surface area contributed by atoms with Gasteiger partial charge in [0.2, 0.25) is 0 Å². The normalized spacial score (nSPS) is 18.4. The molecule has 1 aliphatic rings. The number of nitrogens with zero attached hydrogens (tertiary/aromatic N) is 2. The summed E-state index contributed by atoms with van der Waals surface area (Å²) in [6.45, 7) is 8.54. The fourth-order valence-electron chi connectivity index (χ4n) is 2.63. The number of anilines is 1. The lowest BCUT2D eigenvalue weighted by molar-refractivity contribution is 0.0696. The van der Waals surface area contributed by atoms with Crippen molar-refractivity contribution >= 4 is 11.8 Å². The summed E-state index contributed by atoms with van der Waals surface area (Å²) in [6, 6.07) is 1.71. The zero-order valence-corrected chi connectivity index (χ0v) is 11.9. The Hall–Kier alpha value is -1.58. The molecule has 1 aliphatic heterocycles. The fraction of sp³-hybridized carbons (Fsp3) is 0.600. The molecule has 4 nitrogen and oxygen atoms in total. The first-order valence-electron chi connectivity index (χ1n) is 6.90. The van der Waals surface area contributed by atoms with Crippen LogP contribution in [0.15, 0.2) is 12.3 Å². The largest absolute Gasteiger partial charge is 0.478 e. The molecule has 1 aromatic rings. The van der Waals surface area contributed by atoms with Crippen LogP contribution < -0.4 is 4.90 Å². The van der Waals surface area contributed by atoms with Crippen molar-refractivity contribution in [2.24, 2.45) is 5.41 Å².